The number of halogens is 1. The van der Waals surface area contributed by atoms with Crippen molar-refractivity contribution in [3.8, 4) is 0 Å². The molecule has 2 nitrogen and oxygen atoms in total. The molecule has 2 heterocycles. The summed E-state index contributed by atoms with van der Waals surface area (Å²) in [7, 11) is 0. The van der Waals surface area contributed by atoms with Crippen molar-refractivity contribution in [2.45, 2.75) is 64.7 Å². The molecule has 1 aromatic rings. The van der Waals surface area contributed by atoms with Gasteiger partial charge in [-0.2, -0.15) is 18.9 Å². The Balaban J connectivity index is 0.000000481. The van der Waals surface area contributed by atoms with E-state index in [1.807, 2.05) is 23.9 Å². The van der Waals surface area contributed by atoms with E-state index in [0.29, 0.717) is 0 Å². The first-order valence-electron chi connectivity index (χ1n) is 12.6. The van der Waals surface area contributed by atoms with Crippen LogP contribution in [0, 0.1) is 18.4 Å². The van der Waals surface area contributed by atoms with Crippen molar-refractivity contribution < 1.29 is 21.6 Å². The second kappa shape index (κ2) is 12.9. The van der Waals surface area contributed by atoms with Crippen LogP contribution in [0.25, 0.3) is 0 Å². The first-order valence-corrected chi connectivity index (χ1v) is 13.9. The van der Waals surface area contributed by atoms with Crippen LogP contribution < -0.4 is 4.90 Å². The third-order valence-electron chi connectivity index (χ3n) is 7.29. The molecular weight excluding hydrogens is 500 g/mol. The molecular formula is C29H38ClFeN2S+. The number of anilines is 1. The second-order valence-corrected chi connectivity index (χ2v) is 11.4. The minimum atomic E-state index is -0.0194. The largest absolute Gasteiger partial charge is 2.00 e. The quantitative estimate of drug-likeness (QED) is 0.217. The summed E-state index contributed by atoms with van der Waals surface area (Å²) in [6.07, 6.45) is 21.6. The van der Waals surface area contributed by atoms with Crippen molar-refractivity contribution in [2.24, 2.45) is 5.92 Å². The number of hydrogen-bond acceptors (Lipinski definition) is 2. The Bertz CT molecular complexity index is 947. The van der Waals surface area contributed by atoms with Crippen LogP contribution >= 0.6 is 23.4 Å². The molecule has 0 N–H and O–H groups in total. The molecule has 0 saturated heterocycles. The van der Waals surface area contributed by atoms with E-state index >= 15 is 0 Å². The van der Waals surface area contributed by atoms with E-state index in [4.69, 9.17) is 11.6 Å². The molecule has 0 radical (unpaired) electrons. The van der Waals surface area contributed by atoms with Crippen LogP contribution in [0.15, 0.2) is 48.2 Å². The van der Waals surface area contributed by atoms with E-state index in [1.54, 1.807) is 0 Å². The van der Waals surface area contributed by atoms with Crippen LogP contribution in [0.5, 0.6) is 0 Å². The zero-order chi connectivity index (χ0) is 23.3. The molecule has 1 saturated carbocycles. The predicted molar refractivity (Wildman–Crippen MR) is 145 cm³/mol. The van der Waals surface area contributed by atoms with E-state index in [-0.39, 0.29) is 22.5 Å². The van der Waals surface area contributed by atoms with Gasteiger partial charge in [0.15, 0.2) is 6.54 Å². The Morgan fingerprint density at radius 3 is 2.85 bits per heavy atom. The van der Waals surface area contributed by atoms with Gasteiger partial charge in [0.25, 0.3) is 0 Å². The topological polar surface area (TPSA) is 6.25 Å². The van der Waals surface area contributed by atoms with Crippen LogP contribution in [-0.4, -0.2) is 35.0 Å². The zero-order valence-electron chi connectivity index (χ0n) is 20.8. The maximum absolute atomic E-state index is 6.40. The van der Waals surface area contributed by atoms with Crippen molar-refractivity contribution >= 4 is 34.1 Å². The molecule has 5 heteroatoms. The van der Waals surface area contributed by atoms with Crippen LogP contribution in [0.3, 0.4) is 0 Å². The van der Waals surface area contributed by atoms with E-state index < -0.39 is 0 Å². The van der Waals surface area contributed by atoms with Crippen molar-refractivity contribution in [1.29, 1.82) is 0 Å². The maximum atomic E-state index is 6.40. The summed E-state index contributed by atoms with van der Waals surface area (Å²) in [4.78, 5) is 2.60. The summed E-state index contributed by atoms with van der Waals surface area (Å²) in [6.45, 7) is 10.3. The minimum absolute atomic E-state index is 0. The van der Waals surface area contributed by atoms with Crippen LogP contribution in [-0.2, 0) is 22.5 Å². The zero-order valence-corrected chi connectivity index (χ0v) is 23.5. The van der Waals surface area contributed by atoms with Crippen LogP contribution in [0.2, 0.25) is 5.02 Å². The number of nitrogens with zero attached hydrogens (tertiary/aromatic N) is 2. The molecule has 5 rings (SSSR count). The molecule has 1 aromatic carbocycles. The van der Waals surface area contributed by atoms with Crippen LogP contribution in [0.1, 0.15) is 64.9 Å². The number of hydrogen-bond donors (Lipinski definition) is 0. The SMILES string of the molecule is CC[N+]1=C(C=C2N(CCC3C[CH-]CCC3)c3ccc(Cl)cc3C2(C)C)SCC1.[C-]1=CC=CC1.[Fe+2]. The van der Waals surface area contributed by atoms with Gasteiger partial charge in [-0.1, -0.05) is 56.0 Å². The normalized spacial score (nSPS) is 23.7. The van der Waals surface area contributed by atoms with Gasteiger partial charge in [-0.3, -0.25) is 6.08 Å². The fourth-order valence-electron chi connectivity index (χ4n) is 5.31. The molecule has 1 fully saturated rings. The van der Waals surface area contributed by atoms with Gasteiger partial charge in [0.2, 0.25) is 5.04 Å². The van der Waals surface area contributed by atoms with Gasteiger partial charge < -0.3 is 11.3 Å². The Labute approximate surface area is 227 Å². The standard InChI is InChI=1S/C24H33ClN2S.C5H5.Fe/c1-4-26-14-15-28-23(26)17-22-24(2,3)20-16-19(25)10-11-21(20)27(22)13-12-18-8-6-5-7-9-18;1-2-4-5-3-1;/h6,10-11,16-18H,4-5,7-9,12-15H2,1-3H3;1-3H,4H2;/q;-1;+2. The molecule has 1 atom stereocenters. The summed E-state index contributed by atoms with van der Waals surface area (Å²) in [6, 6.07) is 6.47. The number of thioether (sulfide) groups is 1. The predicted octanol–water partition coefficient (Wildman–Crippen LogP) is 7.59. The van der Waals surface area contributed by atoms with Crippen molar-refractivity contribution in [3.63, 3.8) is 0 Å². The summed E-state index contributed by atoms with van der Waals surface area (Å²) < 4.78 is 2.51. The van der Waals surface area contributed by atoms with Gasteiger partial charge in [0, 0.05) is 34.4 Å². The van der Waals surface area contributed by atoms with Gasteiger partial charge in [-0.25, -0.2) is 16.7 Å². The first-order chi connectivity index (χ1) is 16.0. The number of rotatable bonds is 5. The number of benzene rings is 1. The Morgan fingerprint density at radius 1 is 1.35 bits per heavy atom. The molecule has 0 amide bonds. The molecule has 34 heavy (non-hydrogen) atoms. The fourth-order valence-corrected chi connectivity index (χ4v) is 6.60. The molecule has 2 aliphatic heterocycles. The molecule has 0 bridgehead atoms. The average molecular weight is 538 g/mol. The molecule has 0 spiro atoms. The number of allylic oxidation sites excluding steroid dienone is 5. The van der Waals surface area contributed by atoms with Gasteiger partial charge >= 0.3 is 17.1 Å². The van der Waals surface area contributed by atoms with Crippen molar-refractivity contribution in [2.75, 3.05) is 30.3 Å². The summed E-state index contributed by atoms with van der Waals surface area (Å²) in [5.41, 5.74) is 4.14. The third kappa shape index (κ3) is 6.44. The van der Waals surface area contributed by atoms with E-state index in [9.17, 15) is 0 Å². The minimum Gasteiger partial charge on any atom is -0.344 e. The fraction of sp³-hybridized carbons (Fsp3) is 0.517. The monoisotopic (exact) mass is 537 g/mol. The first kappa shape index (κ1) is 27.7. The molecule has 184 valence electrons. The van der Waals surface area contributed by atoms with Gasteiger partial charge in [-0.15, -0.1) is 6.42 Å². The Morgan fingerprint density at radius 2 is 2.21 bits per heavy atom. The maximum Gasteiger partial charge on any atom is 2.00 e. The van der Waals surface area contributed by atoms with E-state index in [2.05, 4.69) is 73.1 Å². The summed E-state index contributed by atoms with van der Waals surface area (Å²) >= 11 is 8.40. The summed E-state index contributed by atoms with van der Waals surface area (Å²) in [5.74, 6) is 2.04. The molecule has 2 aliphatic carbocycles. The summed E-state index contributed by atoms with van der Waals surface area (Å²) in [5, 5.41) is 2.27. The van der Waals surface area contributed by atoms with Gasteiger partial charge in [-0.05, 0) is 37.1 Å². The smallest absolute Gasteiger partial charge is 0.344 e. The third-order valence-corrected chi connectivity index (χ3v) is 8.58. The molecule has 0 aromatic heterocycles. The van der Waals surface area contributed by atoms with Gasteiger partial charge in [0.05, 0.1) is 5.75 Å². The Hall–Kier alpha value is -0.931. The van der Waals surface area contributed by atoms with E-state index in [1.165, 1.54) is 59.8 Å². The number of fused-ring (bicyclic) bond motifs is 1. The Kier molecular flexibility index (Phi) is 10.5. The average Bonchev–Trinajstić information content (AvgIpc) is 3.57. The van der Waals surface area contributed by atoms with Crippen molar-refractivity contribution in [3.05, 3.63) is 71.3 Å². The second-order valence-electron chi connectivity index (χ2n) is 9.85. The molecule has 4 aliphatic rings. The molecule has 1 unspecified atom stereocenters. The van der Waals surface area contributed by atoms with E-state index in [0.717, 1.165) is 37.0 Å². The van der Waals surface area contributed by atoms with Crippen molar-refractivity contribution in [1.82, 2.24) is 0 Å². The van der Waals surface area contributed by atoms with Crippen LogP contribution in [0.4, 0.5) is 5.69 Å². The van der Waals surface area contributed by atoms with Gasteiger partial charge in [0.1, 0.15) is 6.54 Å².